The van der Waals surface area contributed by atoms with E-state index in [1.165, 1.54) is 0 Å². The van der Waals surface area contributed by atoms with E-state index in [0.717, 1.165) is 30.1 Å². The van der Waals surface area contributed by atoms with Crippen LogP contribution in [0, 0.1) is 6.92 Å². The Balaban J connectivity index is 1.91. The quantitative estimate of drug-likeness (QED) is 0.857. The number of hydrogen-bond donors (Lipinski definition) is 2. The van der Waals surface area contributed by atoms with Gasteiger partial charge in [-0.3, -0.25) is 4.79 Å². The summed E-state index contributed by atoms with van der Waals surface area (Å²) in [5, 5.41) is 5.99. The van der Waals surface area contributed by atoms with Crippen molar-refractivity contribution in [2.24, 2.45) is 0 Å². The number of aromatic nitrogens is 2. The molecule has 20 heavy (non-hydrogen) atoms. The van der Waals surface area contributed by atoms with Crippen LogP contribution in [0.4, 0.5) is 5.69 Å². The monoisotopic (exact) mass is 292 g/mol. The molecule has 0 atom stereocenters. The van der Waals surface area contributed by atoms with E-state index in [1.54, 1.807) is 17.4 Å². The van der Waals surface area contributed by atoms with Crippen LogP contribution in [0.3, 0.4) is 0 Å². The minimum Gasteiger partial charge on any atom is -0.397 e. The lowest BCUT2D eigenvalue weighted by Crippen LogP contribution is -2.27. The number of hydrogen-bond acceptors (Lipinski definition) is 4. The van der Waals surface area contributed by atoms with Gasteiger partial charge in [-0.05, 0) is 19.4 Å². The van der Waals surface area contributed by atoms with E-state index in [-0.39, 0.29) is 5.91 Å². The number of nitrogens with zero attached hydrogens (tertiary/aromatic N) is 2. The summed E-state index contributed by atoms with van der Waals surface area (Å²) in [6, 6.07) is 1.72. The molecule has 0 saturated carbocycles. The van der Waals surface area contributed by atoms with E-state index < -0.39 is 0 Å². The first-order chi connectivity index (χ1) is 9.60. The van der Waals surface area contributed by atoms with Gasteiger partial charge in [0.05, 0.1) is 10.7 Å². The van der Waals surface area contributed by atoms with Crippen LogP contribution in [0.25, 0.3) is 0 Å². The number of nitrogens with one attached hydrogen (secondary N) is 1. The smallest absolute Gasteiger partial charge is 0.267 e. The van der Waals surface area contributed by atoms with Crippen molar-refractivity contribution in [1.82, 2.24) is 14.9 Å². The summed E-state index contributed by atoms with van der Waals surface area (Å²) in [6.45, 7) is 5.43. The van der Waals surface area contributed by atoms with Crippen molar-refractivity contribution in [1.29, 1.82) is 0 Å². The van der Waals surface area contributed by atoms with E-state index >= 15 is 0 Å². The highest BCUT2D eigenvalue weighted by Crippen LogP contribution is 2.12. The van der Waals surface area contributed by atoms with E-state index in [1.807, 2.05) is 23.1 Å². The first-order valence-electron chi connectivity index (χ1n) is 6.75. The number of nitrogens with two attached hydrogens (primary N) is 1. The Morgan fingerprint density at radius 3 is 3.00 bits per heavy atom. The predicted octanol–water partition coefficient (Wildman–Crippen LogP) is 2.22. The van der Waals surface area contributed by atoms with Gasteiger partial charge in [0.2, 0.25) is 0 Å². The Hall–Kier alpha value is -1.82. The molecule has 0 unspecified atom stereocenters. The Bertz CT molecular complexity index is 588. The van der Waals surface area contributed by atoms with Crippen LogP contribution in [0.1, 0.15) is 34.5 Å². The maximum atomic E-state index is 12.1. The molecule has 0 radical (unpaired) electrons. The summed E-state index contributed by atoms with van der Waals surface area (Å²) < 4.78 is 1.90. The highest BCUT2D eigenvalue weighted by molar-refractivity contribution is 7.09. The number of carbonyl (C=O) groups excluding carboxylic acids is 1. The maximum absolute atomic E-state index is 12.1. The molecule has 2 aromatic heterocycles. The molecule has 1 amide bonds. The number of rotatable bonds is 6. The molecule has 0 bridgehead atoms. The average Bonchev–Trinajstić information content (AvgIpc) is 2.96. The number of carbonyl (C=O) groups is 1. The number of amides is 1. The second-order valence-corrected chi connectivity index (χ2v) is 5.68. The molecule has 0 fully saturated rings. The molecule has 0 aromatic carbocycles. The summed E-state index contributed by atoms with van der Waals surface area (Å²) in [5.74, 6) is -0.0802. The van der Waals surface area contributed by atoms with Gasteiger partial charge < -0.3 is 15.6 Å². The van der Waals surface area contributed by atoms with Crippen LogP contribution in [0.15, 0.2) is 17.6 Å². The highest BCUT2D eigenvalue weighted by Gasteiger charge is 2.12. The molecule has 6 heteroatoms. The molecule has 108 valence electrons. The van der Waals surface area contributed by atoms with Gasteiger partial charge in [0.1, 0.15) is 5.69 Å². The number of nitrogen functional groups attached to an aromatic ring is 1. The lowest BCUT2D eigenvalue weighted by molar-refractivity contribution is 0.0944. The highest BCUT2D eigenvalue weighted by atomic mass is 32.1. The zero-order valence-electron chi connectivity index (χ0n) is 11.8. The Kier molecular flexibility index (Phi) is 4.79. The summed E-state index contributed by atoms with van der Waals surface area (Å²) in [7, 11) is 0. The first kappa shape index (κ1) is 14.6. The Labute approximate surface area is 122 Å². The van der Waals surface area contributed by atoms with Crippen molar-refractivity contribution in [3.63, 3.8) is 0 Å². The maximum Gasteiger partial charge on any atom is 0.267 e. The van der Waals surface area contributed by atoms with Gasteiger partial charge in [-0.15, -0.1) is 11.3 Å². The lowest BCUT2D eigenvalue weighted by Gasteiger charge is -2.07. The van der Waals surface area contributed by atoms with Crippen LogP contribution in [0.2, 0.25) is 0 Å². The fraction of sp³-hybridized carbons (Fsp3) is 0.429. The summed E-state index contributed by atoms with van der Waals surface area (Å²) >= 11 is 1.62. The van der Waals surface area contributed by atoms with Crippen molar-refractivity contribution in [2.75, 3.05) is 12.3 Å². The average molecular weight is 292 g/mol. The molecule has 2 rings (SSSR count). The normalized spacial score (nSPS) is 10.7. The molecule has 3 N–H and O–H groups in total. The summed E-state index contributed by atoms with van der Waals surface area (Å²) in [4.78, 5) is 16.5. The molecule has 2 aromatic rings. The second-order valence-electron chi connectivity index (χ2n) is 4.74. The van der Waals surface area contributed by atoms with Crippen LogP contribution in [-0.4, -0.2) is 22.0 Å². The van der Waals surface area contributed by atoms with Gasteiger partial charge in [0, 0.05) is 36.8 Å². The topological polar surface area (TPSA) is 72.9 Å². The summed E-state index contributed by atoms with van der Waals surface area (Å²) in [5.41, 5.74) is 8.04. The minimum atomic E-state index is -0.0802. The van der Waals surface area contributed by atoms with Gasteiger partial charge in [-0.1, -0.05) is 6.92 Å². The van der Waals surface area contributed by atoms with Crippen LogP contribution >= 0.6 is 11.3 Å². The Morgan fingerprint density at radius 1 is 1.55 bits per heavy atom. The third-order valence-corrected chi connectivity index (χ3v) is 3.93. The van der Waals surface area contributed by atoms with E-state index in [9.17, 15) is 4.79 Å². The number of aryl methyl sites for hydroxylation is 2. The van der Waals surface area contributed by atoms with E-state index in [2.05, 4.69) is 17.2 Å². The summed E-state index contributed by atoms with van der Waals surface area (Å²) in [6.07, 6.45) is 3.53. The number of thiazole rings is 1. The molecular formula is C14H20N4OS. The van der Waals surface area contributed by atoms with E-state index in [0.29, 0.717) is 17.9 Å². The Morgan fingerprint density at radius 2 is 2.35 bits per heavy atom. The second kappa shape index (κ2) is 6.56. The van der Waals surface area contributed by atoms with Crippen molar-refractivity contribution < 1.29 is 4.79 Å². The van der Waals surface area contributed by atoms with E-state index in [4.69, 9.17) is 5.73 Å². The van der Waals surface area contributed by atoms with Crippen LogP contribution < -0.4 is 11.1 Å². The molecule has 0 aliphatic heterocycles. The zero-order valence-corrected chi connectivity index (χ0v) is 12.7. The predicted molar refractivity (Wildman–Crippen MR) is 82.0 cm³/mol. The van der Waals surface area contributed by atoms with Gasteiger partial charge in [-0.2, -0.15) is 0 Å². The van der Waals surface area contributed by atoms with Crippen molar-refractivity contribution in [2.45, 2.75) is 33.2 Å². The molecule has 0 aliphatic carbocycles. The van der Waals surface area contributed by atoms with Crippen molar-refractivity contribution >= 4 is 22.9 Å². The molecule has 0 aliphatic rings. The van der Waals surface area contributed by atoms with Gasteiger partial charge in [0.25, 0.3) is 5.91 Å². The fourth-order valence-electron chi connectivity index (χ4n) is 2.04. The largest absolute Gasteiger partial charge is 0.397 e. The SMILES string of the molecule is CCCn1cc(N)cc1C(=O)NCCc1nc(C)cs1. The molecule has 5 nitrogen and oxygen atoms in total. The number of anilines is 1. The van der Waals surface area contributed by atoms with Crippen molar-refractivity contribution in [3.8, 4) is 0 Å². The minimum absolute atomic E-state index is 0.0802. The van der Waals surface area contributed by atoms with Gasteiger partial charge in [0.15, 0.2) is 0 Å². The first-order valence-corrected chi connectivity index (χ1v) is 7.63. The molecule has 0 saturated heterocycles. The molecular weight excluding hydrogens is 272 g/mol. The van der Waals surface area contributed by atoms with Gasteiger partial charge in [-0.25, -0.2) is 4.98 Å². The third-order valence-electron chi connectivity index (χ3n) is 2.91. The van der Waals surface area contributed by atoms with Crippen LogP contribution in [0.5, 0.6) is 0 Å². The van der Waals surface area contributed by atoms with Crippen molar-refractivity contribution in [3.05, 3.63) is 34.0 Å². The molecule has 2 heterocycles. The van der Waals surface area contributed by atoms with Crippen LogP contribution in [-0.2, 0) is 13.0 Å². The standard InChI is InChI=1S/C14H20N4OS/c1-3-6-18-8-11(15)7-12(18)14(19)16-5-4-13-17-10(2)9-20-13/h7-9H,3-6,15H2,1-2H3,(H,16,19). The van der Waals surface area contributed by atoms with Gasteiger partial charge >= 0.3 is 0 Å². The third kappa shape index (κ3) is 3.60. The lowest BCUT2D eigenvalue weighted by atomic mass is 10.3. The zero-order chi connectivity index (χ0) is 14.5. The molecule has 0 spiro atoms. The fourth-order valence-corrected chi connectivity index (χ4v) is 2.82.